The first-order chi connectivity index (χ1) is 15.4. The van der Waals surface area contributed by atoms with Crippen molar-refractivity contribution >= 4 is 22.8 Å². The zero-order valence-electron chi connectivity index (χ0n) is 17.7. The summed E-state index contributed by atoms with van der Waals surface area (Å²) in [5, 5.41) is 9.73. The molecule has 0 spiro atoms. The summed E-state index contributed by atoms with van der Waals surface area (Å²) in [6, 6.07) is 10.7. The molecule has 4 rings (SSSR count). The topological polar surface area (TPSA) is 104 Å². The number of aromatic nitrogens is 5. The van der Waals surface area contributed by atoms with Gasteiger partial charge in [0.25, 0.3) is 5.56 Å². The second-order valence-corrected chi connectivity index (χ2v) is 7.85. The number of pyridine rings is 1. The van der Waals surface area contributed by atoms with Crippen LogP contribution in [0, 0.1) is 6.92 Å². The Balaban J connectivity index is 1.92. The summed E-state index contributed by atoms with van der Waals surface area (Å²) in [6.45, 7) is 2.12. The zero-order chi connectivity index (χ0) is 22.8. The van der Waals surface area contributed by atoms with Crippen LogP contribution in [0.1, 0.15) is 17.7 Å². The van der Waals surface area contributed by atoms with E-state index in [4.69, 9.17) is 16.3 Å². The molecule has 32 heavy (non-hydrogen) atoms. The molecule has 0 fully saturated rings. The highest BCUT2D eigenvalue weighted by molar-refractivity contribution is 6.30. The van der Waals surface area contributed by atoms with Crippen LogP contribution in [0.25, 0.3) is 11.2 Å². The van der Waals surface area contributed by atoms with E-state index in [1.165, 1.54) is 4.57 Å². The molecule has 10 heteroatoms. The smallest absolute Gasteiger partial charge is 0.332 e. The molecule has 0 aliphatic heterocycles. The molecule has 0 saturated heterocycles. The Morgan fingerprint density at radius 2 is 1.84 bits per heavy atom. The fraction of sp³-hybridized carbons (Fsp3) is 0.273. The second kappa shape index (κ2) is 8.97. The van der Waals surface area contributed by atoms with Crippen molar-refractivity contribution in [1.82, 2.24) is 23.7 Å². The SMILES string of the molecule is Cc1ccc(Cn2c(Oc3ccc(Cl)cc3)nc3c2c(=O)n(CCCO)c(=O)n3C)nc1. The van der Waals surface area contributed by atoms with Crippen LogP contribution >= 0.6 is 11.6 Å². The van der Waals surface area contributed by atoms with E-state index >= 15 is 0 Å². The number of aliphatic hydroxyl groups is 1. The van der Waals surface area contributed by atoms with Gasteiger partial charge in [0.1, 0.15) is 5.75 Å². The number of hydrogen-bond donors (Lipinski definition) is 1. The highest BCUT2D eigenvalue weighted by Crippen LogP contribution is 2.26. The van der Waals surface area contributed by atoms with Crippen LogP contribution in [0.3, 0.4) is 0 Å². The molecule has 0 radical (unpaired) electrons. The van der Waals surface area contributed by atoms with Gasteiger partial charge in [0.05, 0.1) is 12.2 Å². The molecule has 1 N–H and O–H groups in total. The van der Waals surface area contributed by atoms with Crippen molar-refractivity contribution in [2.75, 3.05) is 6.61 Å². The summed E-state index contributed by atoms with van der Waals surface area (Å²) in [7, 11) is 1.55. The monoisotopic (exact) mass is 455 g/mol. The van der Waals surface area contributed by atoms with Crippen molar-refractivity contribution in [1.29, 1.82) is 0 Å². The molecule has 0 saturated carbocycles. The lowest BCUT2D eigenvalue weighted by molar-refractivity contribution is 0.277. The number of imidazole rings is 1. The molecule has 0 atom stereocenters. The summed E-state index contributed by atoms with van der Waals surface area (Å²) < 4.78 is 10.00. The van der Waals surface area contributed by atoms with E-state index < -0.39 is 11.2 Å². The Morgan fingerprint density at radius 1 is 1.09 bits per heavy atom. The van der Waals surface area contributed by atoms with Gasteiger partial charge in [-0.15, -0.1) is 0 Å². The van der Waals surface area contributed by atoms with Gasteiger partial charge in [-0.3, -0.25) is 23.5 Å². The van der Waals surface area contributed by atoms with Gasteiger partial charge in [0, 0.05) is 31.4 Å². The third-order valence-corrected chi connectivity index (χ3v) is 5.30. The molecule has 9 nitrogen and oxygen atoms in total. The number of aryl methyl sites for hydroxylation is 2. The number of rotatable bonds is 7. The van der Waals surface area contributed by atoms with Gasteiger partial charge in [-0.25, -0.2) is 4.79 Å². The maximum Gasteiger partial charge on any atom is 0.332 e. The quantitative estimate of drug-likeness (QED) is 0.459. The number of halogens is 1. The molecule has 0 aliphatic rings. The van der Waals surface area contributed by atoms with Gasteiger partial charge in [-0.2, -0.15) is 4.98 Å². The second-order valence-electron chi connectivity index (χ2n) is 7.41. The number of fused-ring (bicyclic) bond motifs is 1. The molecular formula is C22H22ClN5O4. The van der Waals surface area contributed by atoms with E-state index in [1.54, 1.807) is 42.1 Å². The number of hydrogen-bond acceptors (Lipinski definition) is 6. The van der Waals surface area contributed by atoms with Crippen LogP contribution in [0.4, 0.5) is 0 Å². The van der Waals surface area contributed by atoms with Crippen molar-refractivity contribution in [3.63, 3.8) is 0 Å². The van der Waals surface area contributed by atoms with Crippen molar-refractivity contribution < 1.29 is 9.84 Å². The lowest BCUT2D eigenvalue weighted by Crippen LogP contribution is -2.39. The van der Waals surface area contributed by atoms with E-state index in [-0.39, 0.29) is 43.3 Å². The van der Waals surface area contributed by atoms with E-state index in [9.17, 15) is 14.7 Å². The Hall–Kier alpha value is -3.43. The molecule has 0 bridgehead atoms. The van der Waals surface area contributed by atoms with E-state index in [0.717, 1.165) is 10.1 Å². The average Bonchev–Trinajstić information content (AvgIpc) is 3.13. The third-order valence-electron chi connectivity index (χ3n) is 5.05. The van der Waals surface area contributed by atoms with Crippen molar-refractivity contribution in [3.05, 3.63) is 79.7 Å². The van der Waals surface area contributed by atoms with Gasteiger partial charge in [-0.1, -0.05) is 17.7 Å². The minimum atomic E-state index is -0.507. The Labute approximate surface area is 188 Å². The molecule has 1 aromatic carbocycles. The van der Waals surface area contributed by atoms with Gasteiger partial charge in [0.15, 0.2) is 11.2 Å². The first-order valence-corrected chi connectivity index (χ1v) is 10.4. The normalized spacial score (nSPS) is 11.2. The standard InChI is InChI=1S/C22H22ClN5O4/c1-14-4-7-16(24-12-14)13-28-18-19(25-21(28)32-17-8-5-15(23)6-9-17)26(2)22(31)27(20(18)30)10-3-11-29/h4-9,12,29H,3,10-11,13H2,1-2H3. The van der Waals surface area contributed by atoms with Crippen LogP contribution in [0.15, 0.2) is 52.2 Å². The van der Waals surface area contributed by atoms with Crippen LogP contribution in [-0.4, -0.2) is 35.4 Å². The predicted octanol–water partition coefficient (Wildman–Crippen LogP) is 2.48. The van der Waals surface area contributed by atoms with Crippen LogP contribution < -0.4 is 16.0 Å². The molecular weight excluding hydrogens is 434 g/mol. The summed E-state index contributed by atoms with van der Waals surface area (Å²) >= 11 is 5.96. The Morgan fingerprint density at radius 3 is 2.50 bits per heavy atom. The number of nitrogens with zero attached hydrogens (tertiary/aromatic N) is 5. The maximum absolute atomic E-state index is 13.3. The average molecular weight is 456 g/mol. The third kappa shape index (κ3) is 4.17. The largest absolute Gasteiger partial charge is 0.425 e. The first-order valence-electron chi connectivity index (χ1n) is 10.0. The number of benzene rings is 1. The van der Waals surface area contributed by atoms with Crippen LogP contribution in [0.5, 0.6) is 11.8 Å². The molecule has 3 aromatic heterocycles. The lowest BCUT2D eigenvalue weighted by Gasteiger charge is -2.11. The van der Waals surface area contributed by atoms with E-state index in [0.29, 0.717) is 16.5 Å². The van der Waals surface area contributed by atoms with Crippen molar-refractivity contribution in [3.8, 4) is 11.8 Å². The predicted molar refractivity (Wildman–Crippen MR) is 121 cm³/mol. The molecule has 0 aliphatic carbocycles. The number of aliphatic hydroxyl groups excluding tert-OH is 1. The first kappa shape index (κ1) is 21.8. The molecule has 4 aromatic rings. The summed E-state index contributed by atoms with van der Waals surface area (Å²) in [4.78, 5) is 34.9. The summed E-state index contributed by atoms with van der Waals surface area (Å²) in [5.74, 6) is 0.480. The Bertz CT molecular complexity index is 1370. The maximum atomic E-state index is 13.3. The van der Waals surface area contributed by atoms with E-state index in [1.807, 2.05) is 19.1 Å². The molecule has 0 unspecified atom stereocenters. The van der Waals surface area contributed by atoms with E-state index in [2.05, 4.69) is 9.97 Å². The summed E-state index contributed by atoms with van der Waals surface area (Å²) in [6.07, 6.45) is 2.02. The fourth-order valence-electron chi connectivity index (χ4n) is 3.36. The lowest BCUT2D eigenvalue weighted by atomic mass is 10.3. The van der Waals surface area contributed by atoms with Gasteiger partial charge in [0.2, 0.25) is 0 Å². The van der Waals surface area contributed by atoms with Crippen molar-refractivity contribution in [2.45, 2.75) is 26.4 Å². The zero-order valence-corrected chi connectivity index (χ0v) is 18.4. The highest BCUT2D eigenvalue weighted by atomic mass is 35.5. The molecule has 166 valence electrons. The van der Waals surface area contributed by atoms with Gasteiger partial charge >= 0.3 is 11.7 Å². The summed E-state index contributed by atoms with van der Waals surface area (Å²) in [5.41, 5.74) is 1.13. The van der Waals surface area contributed by atoms with Crippen LogP contribution in [0.2, 0.25) is 5.02 Å². The van der Waals surface area contributed by atoms with Gasteiger partial charge < -0.3 is 9.84 Å². The fourth-order valence-corrected chi connectivity index (χ4v) is 3.49. The molecule has 3 heterocycles. The minimum Gasteiger partial charge on any atom is -0.425 e. The van der Waals surface area contributed by atoms with Crippen LogP contribution in [-0.2, 0) is 20.1 Å². The van der Waals surface area contributed by atoms with Gasteiger partial charge in [-0.05, 0) is 49.2 Å². The Kier molecular flexibility index (Phi) is 6.11. The minimum absolute atomic E-state index is 0.0965. The number of ether oxygens (including phenoxy) is 1. The highest BCUT2D eigenvalue weighted by Gasteiger charge is 2.22. The molecule has 0 amide bonds. The van der Waals surface area contributed by atoms with Crippen molar-refractivity contribution in [2.24, 2.45) is 7.05 Å².